The molecule has 0 aromatic carbocycles. The Kier molecular flexibility index (Phi) is 3.67. The van der Waals surface area contributed by atoms with Gasteiger partial charge in [0.05, 0.1) is 0 Å². The van der Waals surface area contributed by atoms with Crippen LogP contribution in [-0.4, -0.2) is 32.1 Å². The largest absolute Gasteiger partial charge is 0.405 e. The zero-order valence-electron chi connectivity index (χ0n) is 10.9. The third-order valence-corrected chi connectivity index (χ3v) is 3.90. The fraction of sp³-hybridized carbons (Fsp3) is 0.333. The average molecular weight is 298 g/mol. The van der Waals surface area contributed by atoms with E-state index in [4.69, 9.17) is 4.42 Å². The smallest absolute Gasteiger partial charge is 0.337 e. The first-order valence-electron chi connectivity index (χ1n) is 5.85. The van der Waals surface area contributed by atoms with E-state index in [9.17, 15) is 18.6 Å². The maximum atomic E-state index is 11.8. The molecular formula is C12H14N2O5S. The van der Waals surface area contributed by atoms with Gasteiger partial charge in [0, 0.05) is 18.1 Å². The van der Waals surface area contributed by atoms with Crippen molar-refractivity contribution in [2.75, 3.05) is 12.0 Å². The first kappa shape index (κ1) is 14.3. The van der Waals surface area contributed by atoms with Gasteiger partial charge in [0.15, 0.2) is 0 Å². The van der Waals surface area contributed by atoms with Gasteiger partial charge in [-0.25, -0.2) is 9.59 Å². The number of rotatable bonds is 4. The highest BCUT2D eigenvalue weighted by Gasteiger charge is 2.11. The van der Waals surface area contributed by atoms with Gasteiger partial charge in [-0.2, -0.15) is 0 Å². The van der Waals surface area contributed by atoms with E-state index in [1.54, 1.807) is 6.26 Å². The van der Waals surface area contributed by atoms with Crippen LogP contribution in [0.15, 0.2) is 24.9 Å². The van der Waals surface area contributed by atoms with Crippen LogP contribution < -0.4 is 16.9 Å². The summed E-state index contributed by atoms with van der Waals surface area (Å²) in [4.78, 5) is 38.7. The molecule has 2 aromatic rings. The highest BCUT2D eigenvalue weighted by molar-refractivity contribution is 7.99. The van der Waals surface area contributed by atoms with Crippen LogP contribution in [0.25, 0.3) is 11.1 Å². The summed E-state index contributed by atoms with van der Waals surface area (Å²) in [6.07, 6.45) is 2.43. The Balaban J connectivity index is 2.50. The van der Waals surface area contributed by atoms with Gasteiger partial charge in [0.2, 0.25) is 5.71 Å². The second-order valence-electron chi connectivity index (χ2n) is 4.69. The minimum atomic E-state index is -2.12. The molecule has 20 heavy (non-hydrogen) atoms. The van der Waals surface area contributed by atoms with Crippen LogP contribution in [0.3, 0.4) is 0 Å². The SMILES string of the molecule is C=S(C)(=O)CCCc1cc(=O)oc2[nH]c(=O)[nH]c(=O)c12. The van der Waals surface area contributed by atoms with Crippen LogP contribution in [0.4, 0.5) is 0 Å². The minimum Gasteiger partial charge on any atom is -0.405 e. The van der Waals surface area contributed by atoms with Crippen molar-refractivity contribution in [2.24, 2.45) is 0 Å². The summed E-state index contributed by atoms with van der Waals surface area (Å²) in [6.45, 7) is 0. The molecule has 0 amide bonds. The standard InChI is InChI=1S/C12H14N2O5S/c1-20(2,18)5-3-4-7-6-8(15)19-11-9(7)10(16)13-12(17)14-11/h6H,1,3-5H2,2H3,(H2,13,14,16,17). The van der Waals surface area contributed by atoms with Crippen molar-refractivity contribution in [3.8, 4) is 0 Å². The molecule has 0 aliphatic rings. The summed E-state index contributed by atoms with van der Waals surface area (Å²) in [6, 6.07) is 1.20. The quantitative estimate of drug-likeness (QED) is 0.735. The Morgan fingerprint density at radius 1 is 1.30 bits per heavy atom. The lowest BCUT2D eigenvalue weighted by atomic mass is 10.1. The van der Waals surface area contributed by atoms with E-state index in [-0.39, 0.29) is 11.1 Å². The van der Waals surface area contributed by atoms with Gasteiger partial charge in [-0.3, -0.25) is 19.0 Å². The van der Waals surface area contributed by atoms with Crippen LogP contribution >= 0.6 is 0 Å². The number of aromatic nitrogens is 2. The number of hydrogen-bond acceptors (Lipinski definition) is 5. The van der Waals surface area contributed by atoms with Crippen molar-refractivity contribution in [3.05, 3.63) is 42.9 Å². The van der Waals surface area contributed by atoms with Crippen molar-refractivity contribution in [3.63, 3.8) is 0 Å². The van der Waals surface area contributed by atoms with Crippen molar-refractivity contribution >= 4 is 26.5 Å². The normalized spacial score (nSPS) is 14.2. The molecule has 2 aromatic heterocycles. The summed E-state index contributed by atoms with van der Waals surface area (Å²) in [5.41, 5.74) is -1.70. The number of fused-ring (bicyclic) bond motifs is 1. The fourth-order valence-corrected chi connectivity index (χ4v) is 2.70. The maximum absolute atomic E-state index is 11.8. The Labute approximate surface area is 113 Å². The lowest BCUT2D eigenvalue weighted by Gasteiger charge is -2.05. The van der Waals surface area contributed by atoms with E-state index >= 15 is 0 Å². The fourth-order valence-electron chi connectivity index (χ4n) is 1.94. The number of H-pyrrole nitrogens is 2. The average Bonchev–Trinajstić information content (AvgIpc) is 2.24. The lowest BCUT2D eigenvalue weighted by molar-refractivity contribution is 0.544. The van der Waals surface area contributed by atoms with E-state index in [0.717, 1.165) is 0 Å². The van der Waals surface area contributed by atoms with Gasteiger partial charge in [-0.1, -0.05) is 0 Å². The molecule has 1 unspecified atom stereocenters. The highest BCUT2D eigenvalue weighted by atomic mass is 32.2. The molecule has 2 rings (SSSR count). The Hall–Kier alpha value is -2.09. The first-order valence-corrected chi connectivity index (χ1v) is 8.16. The molecule has 108 valence electrons. The zero-order valence-corrected chi connectivity index (χ0v) is 11.7. The van der Waals surface area contributed by atoms with E-state index in [0.29, 0.717) is 24.2 Å². The molecule has 2 heterocycles. The van der Waals surface area contributed by atoms with Crippen LogP contribution in [0.5, 0.6) is 0 Å². The minimum absolute atomic E-state index is 0.135. The predicted octanol–water partition coefficient (Wildman–Crippen LogP) is -0.552. The number of nitrogens with one attached hydrogen (secondary N) is 2. The first-order chi connectivity index (χ1) is 9.26. The van der Waals surface area contributed by atoms with Crippen molar-refractivity contribution in [1.29, 1.82) is 0 Å². The second kappa shape index (κ2) is 5.12. The van der Waals surface area contributed by atoms with E-state index in [1.807, 2.05) is 0 Å². The van der Waals surface area contributed by atoms with Crippen LogP contribution in [0, 0.1) is 0 Å². The van der Waals surface area contributed by atoms with E-state index in [1.165, 1.54) is 6.07 Å². The summed E-state index contributed by atoms with van der Waals surface area (Å²) >= 11 is 0. The second-order valence-corrected chi connectivity index (χ2v) is 7.47. The molecule has 0 spiro atoms. The maximum Gasteiger partial charge on any atom is 0.337 e. The topological polar surface area (TPSA) is 113 Å². The van der Waals surface area contributed by atoms with Crippen molar-refractivity contribution in [2.45, 2.75) is 12.8 Å². The lowest BCUT2D eigenvalue weighted by Crippen LogP contribution is -2.24. The highest BCUT2D eigenvalue weighted by Crippen LogP contribution is 2.11. The molecule has 7 nitrogen and oxygen atoms in total. The van der Waals surface area contributed by atoms with Crippen LogP contribution in [0.2, 0.25) is 0 Å². The van der Waals surface area contributed by atoms with Crippen molar-refractivity contribution < 1.29 is 8.63 Å². The predicted molar refractivity (Wildman–Crippen MR) is 78.1 cm³/mol. The summed E-state index contributed by atoms with van der Waals surface area (Å²) in [5, 5.41) is 0.135. The van der Waals surface area contributed by atoms with Gasteiger partial charge >= 0.3 is 11.3 Å². The summed E-state index contributed by atoms with van der Waals surface area (Å²) in [5.74, 6) is 3.93. The Morgan fingerprint density at radius 3 is 2.65 bits per heavy atom. The monoisotopic (exact) mass is 298 g/mol. The van der Waals surface area contributed by atoms with E-state index < -0.39 is 26.4 Å². The molecule has 0 radical (unpaired) electrons. The molecule has 1 atom stereocenters. The molecule has 8 heteroatoms. The van der Waals surface area contributed by atoms with Gasteiger partial charge in [-0.15, -0.1) is 0 Å². The van der Waals surface area contributed by atoms with Crippen LogP contribution in [0.1, 0.15) is 12.0 Å². The third-order valence-electron chi connectivity index (χ3n) is 2.75. The number of hydrogen-bond donors (Lipinski definition) is 2. The molecule has 0 saturated heterocycles. The van der Waals surface area contributed by atoms with E-state index in [2.05, 4.69) is 15.8 Å². The van der Waals surface area contributed by atoms with Gasteiger partial charge < -0.3 is 4.42 Å². The number of aryl methyl sites for hydroxylation is 1. The van der Waals surface area contributed by atoms with Gasteiger partial charge in [0.25, 0.3) is 5.56 Å². The molecular weight excluding hydrogens is 284 g/mol. The number of aromatic amines is 2. The van der Waals surface area contributed by atoms with Gasteiger partial charge in [-0.05, 0) is 33.8 Å². The molecule has 0 bridgehead atoms. The molecule has 0 saturated carbocycles. The Morgan fingerprint density at radius 2 is 2.00 bits per heavy atom. The Bertz CT molecular complexity index is 912. The van der Waals surface area contributed by atoms with Gasteiger partial charge in [0.1, 0.15) is 5.39 Å². The molecule has 0 aliphatic heterocycles. The summed E-state index contributed by atoms with van der Waals surface area (Å²) in [7, 11) is -2.12. The van der Waals surface area contributed by atoms with Crippen LogP contribution in [-0.2, 0) is 15.9 Å². The van der Waals surface area contributed by atoms with Crippen molar-refractivity contribution in [1.82, 2.24) is 9.97 Å². The summed E-state index contributed by atoms with van der Waals surface area (Å²) < 4.78 is 16.3. The molecule has 0 fully saturated rings. The third kappa shape index (κ3) is 3.27. The zero-order chi connectivity index (χ0) is 14.9. The molecule has 0 aliphatic carbocycles. The molecule has 2 N–H and O–H groups in total.